The Hall–Kier alpha value is -1.61. The fraction of sp³-hybridized carbons (Fsp3) is 0.0526. The zero-order valence-electron chi connectivity index (χ0n) is 10.9. The van der Waals surface area contributed by atoms with E-state index in [1.165, 1.54) is 27.8 Å². The normalized spacial score (nSPS) is 14.7. The summed E-state index contributed by atoms with van der Waals surface area (Å²) >= 11 is 2.61. The molecular formula is C19H13I. The van der Waals surface area contributed by atoms with E-state index in [9.17, 15) is 0 Å². The average molecular weight is 368 g/mol. The molecule has 0 aromatic heterocycles. The molecule has 0 saturated heterocycles. The fourth-order valence-electron chi connectivity index (χ4n) is 3.16. The second kappa shape index (κ2) is 4.45. The average Bonchev–Trinajstić information content (AvgIpc) is 2.80. The molecule has 0 spiro atoms. The minimum atomic E-state index is -0.0772. The van der Waals surface area contributed by atoms with Gasteiger partial charge in [-0.1, -0.05) is 101 Å². The van der Waals surface area contributed by atoms with Crippen LogP contribution in [0.15, 0.2) is 78.9 Å². The van der Waals surface area contributed by atoms with Crippen LogP contribution in [0.2, 0.25) is 0 Å². The lowest BCUT2D eigenvalue weighted by molar-refractivity contribution is 0.975. The molecule has 0 radical (unpaired) electrons. The van der Waals surface area contributed by atoms with Gasteiger partial charge in [0.1, 0.15) is 0 Å². The highest BCUT2D eigenvalue weighted by Crippen LogP contribution is 2.56. The van der Waals surface area contributed by atoms with Gasteiger partial charge in [-0.15, -0.1) is 0 Å². The number of hydrogen-bond acceptors (Lipinski definition) is 0. The summed E-state index contributed by atoms with van der Waals surface area (Å²) in [6.07, 6.45) is 0. The molecule has 96 valence electrons. The third kappa shape index (κ3) is 1.53. The van der Waals surface area contributed by atoms with Crippen LogP contribution in [0.4, 0.5) is 0 Å². The Balaban J connectivity index is 2.10. The van der Waals surface area contributed by atoms with Gasteiger partial charge >= 0.3 is 0 Å². The Kier molecular flexibility index (Phi) is 2.71. The van der Waals surface area contributed by atoms with Gasteiger partial charge in [0, 0.05) is 0 Å². The van der Waals surface area contributed by atoms with Crippen LogP contribution in [0, 0.1) is 0 Å². The van der Waals surface area contributed by atoms with Crippen LogP contribution < -0.4 is 0 Å². The lowest BCUT2D eigenvalue weighted by atomic mass is 9.89. The van der Waals surface area contributed by atoms with Crippen molar-refractivity contribution in [2.45, 2.75) is 3.42 Å². The molecule has 4 rings (SSSR count). The summed E-state index contributed by atoms with van der Waals surface area (Å²) < 4.78 is -0.0772. The van der Waals surface area contributed by atoms with E-state index in [4.69, 9.17) is 0 Å². The number of fused-ring (bicyclic) bond motifs is 3. The van der Waals surface area contributed by atoms with Crippen LogP contribution >= 0.6 is 22.6 Å². The number of alkyl halides is 1. The molecule has 3 aromatic carbocycles. The van der Waals surface area contributed by atoms with Gasteiger partial charge in [0.05, 0.1) is 3.42 Å². The van der Waals surface area contributed by atoms with Gasteiger partial charge in [-0.2, -0.15) is 0 Å². The second-order valence-corrected chi connectivity index (χ2v) is 6.73. The highest BCUT2D eigenvalue weighted by atomic mass is 127. The first-order chi connectivity index (χ1) is 9.82. The zero-order chi connectivity index (χ0) is 13.6. The molecule has 0 bridgehead atoms. The summed E-state index contributed by atoms with van der Waals surface area (Å²) in [4.78, 5) is 0. The Labute approximate surface area is 132 Å². The van der Waals surface area contributed by atoms with Crippen LogP contribution in [0.1, 0.15) is 16.7 Å². The van der Waals surface area contributed by atoms with E-state index in [0.29, 0.717) is 0 Å². The molecule has 1 heteroatoms. The molecule has 0 amide bonds. The number of hydrogen-bond donors (Lipinski definition) is 0. The van der Waals surface area contributed by atoms with Crippen molar-refractivity contribution in [1.82, 2.24) is 0 Å². The van der Waals surface area contributed by atoms with Crippen LogP contribution in [-0.2, 0) is 3.42 Å². The summed E-state index contributed by atoms with van der Waals surface area (Å²) in [7, 11) is 0. The van der Waals surface area contributed by atoms with Gasteiger partial charge in [0.2, 0.25) is 0 Å². The molecule has 1 aliphatic rings. The van der Waals surface area contributed by atoms with E-state index in [2.05, 4.69) is 101 Å². The largest absolute Gasteiger partial charge is 0.0980 e. The molecule has 1 aliphatic carbocycles. The summed E-state index contributed by atoms with van der Waals surface area (Å²) in [6, 6.07) is 28.3. The minimum absolute atomic E-state index is 0.0772. The summed E-state index contributed by atoms with van der Waals surface area (Å²) in [5.74, 6) is 0. The van der Waals surface area contributed by atoms with Crippen molar-refractivity contribution in [3.8, 4) is 11.1 Å². The van der Waals surface area contributed by atoms with E-state index >= 15 is 0 Å². The first-order valence-electron chi connectivity index (χ1n) is 6.75. The second-order valence-electron chi connectivity index (χ2n) is 5.12. The van der Waals surface area contributed by atoms with Crippen LogP contribution in [0.3, 0.4) is 0 Å². The van der Waals surface area contributed by atoms with Crippen molar-refractivity contribution in [3.63, 3.8) is 0 Å². The Morgan fingerprint density at radius 1 is 0.550 bits per heavy atom. The zero-order valence-corrected chi connectivity index (χ0v) is 13.0. The highest BCUT2D eigenvalue weighted by molar-refractivity contribution is 14.1. The monoisotopic (exact) mass is 368 g/mol. The van der Waals surface area contributed by atoms with Crippen LogP contribution in [-0.4, -0.2) is 0 Å². The molecule has 0 unspecified atom stereocenters. The maximum Gasteiger partial charge on any atom is 0.0980 e. The molecule has 0 N–H and O–H groups in total. The van der Waals surface area contributed by atoms with Crippen molar-refractivity contribution in [1.29, 1.82) is 0 Å². The maximum atomic E-state index is 2.61. The molecule has 0 nitrogen and oxygen atoms in total. The van der Waals surface area contributed by atoms with Gasteiger partial charge < -0.3 is 0 Å². The quantitative estimate of drug-likeness (QED) is 0.399. The van der Waals surface area contributed by atoms with Gasteiger partial charge in [-0.3, -0.25) is 0 Å². The first kappa shape index (κ1) is 12.2. The topological polar surface area (TPSA) is 0 Å². The van der Waals surface area contributed by atoms with Gasteiger partial charge in [0.15, 0.2) is 0 Å². The van der Waals surface area contributed by atoms with Crippen molar-refractivity contribution in [3.05, 3.63) is 95.6 Å². The van der Waals surface area contributed by atoms with Crippen molar-refractivity contribution in [2.24, 2.45) is 0 Å². The van der Waals surface area contributed by atoms with E-state index in [-0.39, 0.29) is 3.42 Å². The van der Waals surface area contributed by atoms with Crippen molar-refractivity contribution in [2.75, 3.05) is 0 Å². The molecule has 0 fully saturated rings. The number of halogens is 1. The summed E-state index contributed by atoms with van der Waals surface area (Å²) in [6.45, 7) is 0. The number of rotatable bonds is 1. The molecule has 0 heterocycles. The SMILES string of the molecule is IC1(c2ccccc2)c2ccccc2-c2ccccc21. The van der Waals surface area contributed by atoms with Crippen LogP contribution in [0.25, 0.3) is 11.1 Å². The number of benzene rings is 3. The van der Waals surface area contributed by atoms with E-state index in [0.717, 1.165) is 0 Å². The Morgan fingerprint density at radius 3 is 1.55 bits per heavy atom. The minimum Gasteiger partial charge on any atom is -0.0630 e. The van der Waals surface area contributed by atoms with Gasteiger partial charge in [0.25, 0.3) is 0 Å². The molecule has 20 heavy (non-hydrogen) atoms. The predicted octanol–water partition coefficient (Wildman–Crippen LogP) is 5.39. The molecule has 0 saturated carbocycles. The Bertz CT molecular complexity index is 729. The first-order valence-corrected chi connectivity index (χ1v) is 7.83. The van der Waals surface area contributed by atoms with Gasteiger partial charge in [-0.25, -0.2) is 0 Å². The highest BCUT2D eigenvalue weighted by Gasteiger charge is 2.41. The third-order valence-electron chi connectivity index (χ3n) is 4.06. The summed E-state index contributed by atoms with van der Waals surface area (Å²) in [5, 5.41) is 0. The molecule has 0 atom stereocenters. The predicted molar refractivity (Wildman–Crippen MR) is 92.2 cm³/mol. The smallest absolute Gasteiger partial charge is 0.0630 e. The van der Waals surface area contributed by atoms with Crippen molar-refractivity contribution >= 4 is 22.6 Å². The lowest BCUT2D eigenvalue weighted by Crippen LogP contribution is -2.17. The summed E-state index contributed by atoms with van der Waals surface area (Å²) in [5.41, 5.74) is 6.86. The standard InChI is InChI=1S/C19H13I/c20-19(14-8-2-1-3-9-14)17-12-6-4-10-15(17)16-11-5-7-13-18(16)19/h1-13H. The van der Waals surface area contributed by atoms with Gasteiger partial charge in [-0.05, 0) is 27.8 Å². The van der Waals surface area contributed by atoms with Crippen molar-refractivity contribution < 1.29 is 0 Å². The van der Waals surface area contributed by atoms with Crippen LogP contribution in [0.5, 0.6) is 0 Å². The van der Waals surface area contributed by atoms with E-state index < -0.39 is 0 Å². The third-order valence-corrected chi connectivity index (χ3v) is 5.84. The van der Waals surface area contributed by atoms with E-state index in [1.807, 2.05) is 0 Å². The molecular weight excluding hydrogens is 355 g/mol. The molecule has 0 aliphatic heterocycles. The molecule has 3 aromatic rings. The lowest BCUT2D eigenvalue weighted by Gasteiger charge is -2.26. The Morgan fingerprint density at radius 2 is 1.00 bits per heavy atom. The fourth-order valence-corrected chi connectivity index (χ4v) is 4.46. The maximum absolute atomic E-state index is 2.61. The van der Waals surface area contributed by atoms with E-state index in [1.54, 1.807) is 0 Å².